The van der Waals surface area contributed by atoms with Crippen LogP contribution in [-0.4, -0.2) is 32.6 Å². The summed E-state index contributed by atoms with van der Waals surface area (Å²) >= 11 is 0. The lowest BCUT2D eigenvalue weighted by molar-refractivity contribution is -0.0249. The Morgan fingerprint density at radius 3 is 3.00 bits per heavy atom. The number of aliphatic hydroxyl groups is 1. The molecule has 0 aliphatic carbocycles. The van der Waals surface area contributed by atoms with E-state index in [1.54, 1.807) is 0 Å². The molecule has 1 aliphatic heterocycles. The van der Waals surface area contributed by atoms with Crippen LogP contribution >= 0.6 is 0 Å². The van der Waals surface area contributed by atoms with Crippen molar-refractivity contribution in [2.24, 2.45) is 0 Å². The third kappa shape index (κ3) is 2.28. The zero-order chi connectivity index (χ0) is 12.4. The number of nitrogens with one attached hydrogen (secondary N) is 1. The van der Waals surface area contributed by atoms with E-state index in [0.29, 0.717) is 12.8 Å². The fraction of sp³-hybridized carbons (Fsp3) is 0.556. The highest BCUT2D eigenvalue weighted by molar-refractivity contribution is 5.30. The molecule has 2 atom stereocenters. The number of nitrogens with zero attached hydrogens (tertiary/aromatic N) is 2. The Labute approximate surface area is 95.4 Å². The molecule has 0 radical (unpaired) electrons. The second kappa shape index (κ2) is 4.78. The van der Waals surface area contributed by atoms with Crippen molar-refractivity contribution in [3.05, 3.63) is 22.5 Å². The first-order chi connectivity index (χ1) is 8.15. The van der Waals surface area contributed by atoms with E-state index < -0.39 is 23.6 Å². The second-order valence-electron chi connectivity index (χ2n) is 3.71. The smallest absolute Gasteiger partial charge is 0.351 e. The summed E-state index contributed by atoms with van der Waals surface area (Å²) in [4.78, 5) is 14.8. The number of ether oxygens (including phenoxy) is 1. The molecule has 1 aliphatic rings. The number of anilines is 1. The summed E-state index contributed by atoms with van der Waals surface area (Å²) < 4.78 is 19.6. The molecule has 17 heavy (non-hydrogen) atoms. The van der Waals surface area contributed by atoms with Gasteiger partial charge in [-0.2, -0.15) is 4.98 Å². The third-order valence-corrected chi connectivity index (χ3v) is 2.61. The molecule has 94 valence electrons. The predicted octanol–water partition coefficient (Wildman–Crippen LogP) is -0.147. The van der Waals surface area contributed by atoms with Crippen LogP contribution in [0.15, 0.2) is 11.0 Å². The van der Waals surface area contributed by atoms with Crippen molar-refractivity contribution in [1.29, 1.82) is 0 Å². The minimum absolute atomic E-state index is 0.141. The van der Waals surface area contributed by atoms with Gasteiger partial charge in [0.15, 0.2) is 11.6 Å². The normalized spacial score (nSPS) is 23.9. The van der Waals surface area contributed by atoms with Crippen LogP contribution in [0.3, 0.4) is 0 Å². The Morgan fingerprint density at radius 2 is 2.41 bits per heavy atom. The van der Waals surface area contributed by atoms with E-state index in [-0.39, 0.29) is 12.7 Å². The first-order valence-corrected chi connectivity index (χ1v) is 5.10. The van der Waals surface area contributed by atoms with E-state index in [4.69, 9.17) is 15.1 Å². The van der Waals surface area contributed by atoms with Gasteiger partial charge in [-0.15, -0.1) is 0 Å². The number of halogens is 1. The minimum Gasteiger partial charge on any atom is -0.394 e. The number of aliphatic hydroxyl groups excluding tert-OH is 1. The Bertz CT molecular complexity index is 464. The highest BCUT2D eigenvalue weighted by Gasteiger charge is 2.27. The lowest BCUT2D eigenvalue weighted by Crippen LogP contribution is -2.28. The van der Waals surface area contributed by atoms with Gasteiger partial charge in [-0.1, -0.05) is 0 Å². The zero-order valence-electron chi connectivity index (χ0n) is 8.84. The van der Waals surface area contributed by atoms with Crippen LogP contribution in [0, 0.1) is 5.82 Å². The molecule has 2 heterocycles. The van der Waals surface area contributed by atoms with Crippen molar-refractivity contribution in [2.75, 3.05) is 12.1 Å². The van der Waals surface area contributed by atoms with Crippen LogP contribution in [0.4, 0.5) is 10.2 Å². The molecule has 0 unspecified atom stereocenters. The van der Waals surface area contributed by atoms with Crippen molar-refractivity contribution in [2.45, 2.75) is 25.2 Å². The molecular weight excluding hydrogens is 233 g/mol. The van der Waals surface area contributed by atoms with Crippen LogP contribution in [0.2, 0.25) is 0 Å². The summed E-state index contributed by atoms with van der Waals surface area (Å²) in [5.41, 5.74) is 0.764. The SMILES string of the molecule is O=c1nc(NO)c(F)cn1[C@@H]1CC[C@H](CO)O1. The molecule has 2 rings (SSSR count). The number of aromatic nitrogens is 2. The Morgan fingerprint density at radius 1 is 1.65 bits per heavy atom. The molecular formula is C9H12FN3O4. The third-order valence-electron chi connectivity index (χ3n) is 2.61. The van der Waals surface area contributed by atoms with Gasteiger partial charge >= 0.3 is 5.69 Å². The molecule has 0 aromatic carbocycles. The molecule has 0 saturated carbocycles. The van der Waals surface area contributed by atoms with Crippen molar-refractivity contribution in [1.82, 2.24) is 9.55 Å². The Hall–Kier alpha value is -1.51. The molecule has 0 amide bonds. The first-order valence-electron chi connectivity index (χ1n) is 5.10. The monoisotopic (exact) mass is 245 g/mol. The maximum Gasteiger partial charge on any atom is 0.351 e. The Kier molecular flexibility index (Phi) is 3.36. The van der Waals surface area contributed by atoms with Crippen molar-refractivity contribution >= 4 is 5.82 Å². The number of hydrogen-bond acceptors (Lipinski definition) is 6. The van der Waals surface area contributed by atoms with Gasteiger partial charge in [0.05, 0.1) is 18.9 Å². The van der Waals surface area contributed by atoms with Gasteiger partial charge in [-0.05, 0) is 12.8 Å². The largest absolute Gasteiger partial charge is 0.394 e. The number of hydrogen-bond donors (Lipinski definition) is 3. The highest BCUT2D eigenvalue weighted by Crippen LogP contribution is 2.27. The summed E-state index contributed by atoms with van der Waals surface area (Å²) in [5, 5.41) is 17.4. The molecule has 1 aromatic heterocycles. The highest BCUT2D eigenvalue weighted by atomic mass is 19.1. The molecule has 1 fully saturated rings. The summed E-state index contributed by atoms with van der Waals surface area (Å²) in [6.45, 7) is -0.141. The summed E-state index contributed by atoms with van der Waals surface area (Å²) in [6.07, 6.45) is 1.03. The van der Waals surface area contributed by atoms with E-state index in [9.17, 15) is 9.18 Å². The van der Waals surface area contributed by atoms with Crippen LogP contribution < -0.4 is 11.2 Å². The molecule has 0 spiro atoms. The van der Waals surface area contributed by atoms with Crippen LogP contribution in [0.5, 0.6) is 0 Å². The first kappa shape index (κ1) is 12.0. The Balaban J connectivity index is 2.28. The van der Waals surface area contributed by atoms with Crippen molar-refractivity contribution in [3.63, 3.8) is 0 Å². The quantitative estimate of drug-likeness (QED) is 0.641. The molecule has 1 saturated heterocycles. The minimum atomic E-state index is -0.858. The predicted molar refractivity (Wildman–Crippen MR) is 54.1 cm³/mol. The van der Waals surface area contributed by atoms with Gasteiger partial charge in [0.1, 0.15) is 6.23 Å². The van der Waals surface area contributed by atoms with Crippen molar-refractivity contribution < 1.29 is 19.4 Å². The second-order valence-corrected chi connectivity index (χ2v) is 3.71. The zero-order valence-corrected chi connectivity index (χ0v) is 8.84. The maximum absolute atomic E-state index is 13.3. The topological polar surface area (TPSA) is 96.6 Å². The van der Waals surface area contributed by atoms with E-state index in [0.717, 1.165) is 10.8 Å². The maximum atomic E-state index is 13.3. The molecule has 1 aromatic rings. The summed E-state index contributed by atoms with van der Waals surface area (Å²) in [5.74, 6) is -1.38. The molecule has 0 bridgehead atoms. The lowest BCUT2D eigenvalue weighted by Gasteiger charge is -2.15. The van der Waals surface area contributed by atoms with E-state index in [1.165, 1.54) is 5.48 Å². The average molecular weight is 245 g/mol. The van der Waals surface area contributed by atoms with Crippen molar-refractivity contribution in [3.8, 4) is 0 Å². The number of rotatable bonds is 3. The fourth-order valence-electron chi connectivity index (χ4n) is 1.76. The van der Waals surface area contributed by atoms with E-state index in [1.807, 2.05) is 0 Å². The fourth-order valence-corrected chi connectivity index (χ4v) is 1.76. The van der Waals surface area contributed by atoms with Gasteiger partial charge in [-0.3, -0.25) is 9.77 Å². The van der Waals surface area contributed by atoms with Gasteiger partial charge < -0.3 is 9.84 Å². The molecule has 8 heteroatoms. The standard InChI is InChI=1S/C9H12FN3O4/c10-6-3-13(9(15)11-8(6)12-16)7-2-1-5(4-14)17-7/h3,5,7,14,16H,1-2,4H2,(H,11,12,15)/t5-,7+/m1/s1. The summed E-state index contributed by atoms with van der Waals surface area (Å²) in [7, 11) is 0. The van der Waals surface area contributed by atoms with Gasteiger partial charge in [0, 0.05) is 0 Å². The van der Waals surface area contributed by atoms with Crippen LogP contribution in [0.1, 0.15) is 19.1 Å². The summed E-state index contributed by atoms with van der Waals surface area (Å²) in [6, 6.07) is 0. The van der Waals surface area contributed by atoms with Crippen LogP contribution in [-0.2, 0) is 4.74 Å². The van der Waals surface area contributed by atoms with E-state index >= 15 is 0 Å². The lowest BCUT2D eigenvalue weighted by atomic mass is 10.2. The van der Waals surface area contributed by atoms with Gasteiger partial charge in [0.25, 0.3) is 0 Å². The van der Waals surface area contributed by atoms with Gasteiger partial charge in [-0.25, -0.2) is 14.7 Å². The van der Waals surface area contributed by atoms with E-state index in [2.05, 4.69) is 4.98 Å². The molecule has 3 N–H and O–H groups in total. The van der Waals surface area contributed by atoms with Gasteiger partial charge in [0.2, 0.25) is 0 Å². The molecule has 7 nitrogen and oxygen atoms in total. The van der Waals surface area contributed by atoms with Crippen LogP contribution in [0.25, 0.3) is 0 Å². The average Bonchev–Trinajstić information content (AvgIpc) is 2.80.